The summed E-state index contributed by atoms with van der Waals surface area (Å²) in [5.41, 5.74) is 12.1. The number of nitrogens with zero attached hydrogens (tertiary/aromatic N) is 8. The molecule has 0 amide bonds. The SMILES string of the molecule is [C-]#[N+]c1c(-c2ccccc2)c(C#N)c(-n2c3ccnc4c5ccccc5c5nccc2c5c43)c(-c2ccccc2)c1-n1c2cccc3c4nccnc4c4cccc1c4c32. The Morgan fingerprint density at radius 3 is 1.40 bits per heavy atom. The average Bonchev–Trinajstić information content (AvgIpc) is 3.84. The van der Waals surface area contributed by atoms with Crippen LogP contribution >= 0.6 is 0 Å². The summed E-state index contributed by atoms with van der Waals surface area (Å²) in [6.07, 6.45) is 7.20. The molecule has 0 aliphatic rings. The predicted molar refractivity (Wildman–Crippen MR) is 241 cm³/mol. The van der Waals surface area contributed by atoms with Gasteiger partial charge in [0.1, 0.15) is 6.07 Å². The fourth-order valence-corrected chi connectivity index (χ4v) is 10.1. The molecule has 0 fully saturated rings. The summed E-state index contributed by atoms with van der Waals surface area (Å²) in [5, 5.41) is 19.7. The minimum atomic E-state index is 0.380. The van der Waals surface area contributed by atoms with Gasteiger partial charge in [-0.1, -0.05) is 109 Å². The maximum atomic E-state index is 11.7. The van der Waals surface area contributed by atoms with Gasteiger partial charge in [0.25, 0.3) is 0 Å². The van der Waals surface area contributed by atoms with Gasteiger partial charge in [-0.25, -0.2) is 4.85 Å². The van der Waals surface area contributed by atoms with Crippen LogP contribution < -0.4 is 0 Å². The van der Waals surface area contributed by atoms with Gasteiger partial charge in [-0.05, 0) is 35.4 Å². The van der Waals surface area contributed by atoms with E-state index in [1.807, 2.05) is 85.2 Å². The van der Waals surface area contributed by atoms with Crippen LogP contribution in [0, 0.1) is 17.9 Å². The Labute approximate surface area is 341 Å². The zero-order valence-corrected chi connectivity index (χ0v) is 31.6. The zero-order chi connectivity index (χ0) is 39.6. The smallest absolute Gasteiger partial charge is 0.220 e. The molecular weight excluding hydrogens is 737 g/mol. The third-order valence-electron chi connectivity index (χ3n) is 12.3. The van der Waals surface area contributed by atoms with Crippen LogP contribution in [-0.2, 0) is 0 Å². The van der Waals surface area contributed by atoms with Crippen LogP contribution in [0.4, 0.5) is 5.69 Å². The van der Waals surface area contributed by atoms with Gasteiger partial charge in [0.15, 0.2) is 0 Å². The van der Waals surface area contributed by atoms with Gasteiger partial charge in [-0.15, -0.1) is 0 Å². The summed E-state index contributed by atoms with van der Waals surface area (Å²) in [6.45, 7) is 9.13. The summed E-state index contributed by atoms with van der Waals surface area (Å²) >= 11 is 0. The van der Waals surface area contributed by atoms with E-state index in [4.69, 9.17) is 26.5 Å². The first-order chi connectivity index (χ1) is 29.8. The number of nitriles is 1. The van der Waals surface area contributed by atoms with Crippen LogP contribution in [-0.4, -0.2) is 29.1 Å². The van der Waals surface area contributed by atoms with Crippen LogP contribution in [0.5, 0.6) is 0 Å². The number of fused-ring (bicyclic) bond motifs is 6. The largest absolute Gasteiger partial charge is 0.318 e. The molecule has 8 nitrogen and oxygen atoms in total. The molecule has 0 saturated heterocycles. The highest BCUT2D eigenvalue weighted by Gasteiger charge is 2.33. The number of hydrogen-bond acceptors (Lipinski definition) is 5. The molecule has 8 aromatic carbocycles. The Bertz CT molecular complexity index is 3620. The van der Waals surface area contributed by atoms with Crippen molar-refractivity contribution in [3.63, 3.8) is 0 Å². The minimum Gasteiger partial charge on any atom is -0.318 e. The van der Waals surface area contributed by atoms with Crippen LogP contribution in [0.15, 0.2) is 158 Å². The first kappa shape index (κ1) is 32.4. The molecule has 0 aliphatic carbocycles. The van der Waals surface area contributed by atoms with Crippen molar-refractivity contribution < 1.29 is 0 Å². The number of aromatic nitrogens is 6. The van der Waals surface area contributed by atoms with Crippen molar-refractivity contribution in [2.24, 2.45) is 0 Å². The van der Waals surface area contributed by atoms with E-state index in [2.05, 4.69) is 80.7 Å². The second-order valence-electron chi connectivity index (χ2n) is 15.1. The molecule has 5 aromatic heterocycles. The molecule has 0 N–H and O–H groups in total. The van der Waals surface area contributed by atoms with Crippen molar-refractivity contribution >= 4 is 92.9 Å². The van der Waals surface area contributed by atoms with E-state index in [1.54, 1.807) is 12.4 Å². The third kappa shape index (κ3) is 4.01. The second-order valence-corrected chi connectivity index (χ2v) is 15.1. The molecule has 60 heavy (non-hydrogen) atoms. The van der Waals surface area contributed by atoms with Gasteiger partial charge in [0, 0.05) is 79.0 Å². The van der Waals surface area contributed by atoms with E-state index in [-0.39, 0.29) is 0 Å². The lowest BCUT2D eigenvalue weighted by atomic mass is 9.88. The van der Waals surface area contributed by atoms with Gasteiger partial charge in [0.2, 0.25) is 5.69 Å². The van der Waals surface area contributed by atoms with Crippen molar-refractivity contribution in [2.45, 2.75) is 0 Å². The molecule has 0 unspecified atom stereocenters. The van der Waals surface area contributed by atoms with Crippen molar-refractivity contribution in [3.8, 4) is 39.7 Å². The van der Waals surface area contributed by atoms with Gasteiger partial charge in [-0.2, -0.15) is 5.26 Å². The zero-order valence-electron chi connectivity index (χ0n) is 31.6. The number of rotatable bonds is 4. The van der Waals surface area contributed by atoms with Gasteiger partial charge in [-0.3, -0.25) is 19.9 Å². The molecule has 0 radical (unpaired) electrons. The summed E-state index contributed by atoms with van der Waals surface area (Å²) in [5.74, 6) is 0. The third-order valence-corrected chi connectivity index (χ3v) is 12.3. The molecule has 0 bridgehead atoms. The lowest BCUT2D eigenvalue weighted by Crippen LogP contribution is -2.08. The van der Waals surface area contributed by atoms with Gasteiger partial charge >= 0.3 is 0 Å². The Morgan fingerprint density at radius 2 is 0.883 bits per heavy atom. The van der Waals surface area contributed by atoms with E-state index in [1.165, 1.54) is 0 Å². The molecule has 0 aliphatic heterocycles. The molecule has 0 atom stereocenters. The molecular formula is C52H26N8. The number of hydrogen-bond donors (Lipinski definition) is 0. The first-order valence-electron chi connectivity index (χ1n) is 19.7. The fraction of sp³-hybridized carbons (Fsp3) is 0. The monoisotopic (exact) mass is 762 g/mol. The van der Waals surface area contributed by atoms with Crippen molar-refractivity contribution in [1.82, 2.24) is 29.1 Å². The molecule has 0 spiro atoms. The topological polar surface area (TPSA) is 89.6 Å². The molecule has 8 heteroatoms. The molecule has 13 aromatic rings. The minimum absolute atomic E-state index is 0.380. The fourth-order valence-electron chi connectivity index (χ4n) is 10.1. The van der Waals surface area contributed by atoms with Crippen molar-refractivity contribution in [1.29, 1.82) is 5.26 Å². The van der Waals surface area contributed by atoms with Crippen LogP contribution in [0.2, 0.25) is 0 Å². The Morgan fingerprint density at radius 1 is 0.433 bits per heavy atom. The summed E-state index contributed by atoms with van der Waals surface area (Å²) in [6, 6.07) is 47.7. The quantitative estimate of drug-likeness (QED) is 0.132. The van der Waals surface area contributed by atoms with Crippen LogP contribution in [0.1, 0.15) is 5.56 Å². The standard InChI is InChI=1S/C52H26N8/c1-54-50-40(29-12-4-2-5-13-29)35(28-53)51(59-38-22-24-55-46-31-16-8-9-17-32(31)47-45(44(38)46)39(59)23-25-56-47)41(30-14-6-3-7-15-30)52(50)60-36-20-10-18-33-42(36)43-34(19-11-21-37(43)60)49-48(33)57-26-27-58-49/h2-27H. The summed E-state index contributed by atoms with van der Waals surface area (Å²) in [4.78, 5) is 24.1. The number of pyridine rings is 2. The highest BCUT2D eigenvalue weighted by molar-refractivity contribution is 6.34. The van der Waals surface area contributed by atoms with Crippen LogP contribution in [0.25, 0.3) is 126 Å². The number of benzene rings is 8. The highest BCUT2D eigenvalue weighted by Crippen LogP contribution is 2.54. The van der Waals surface area contributed by atoms with Gasteiger partial charge < -0.3 is 9.13 Å². The average molecular weight is 763 g/mol. The maximum absolute atomic E-state index is 11.7. The molecule has 5 heterocycles. The maximum Gasteiger partial charge on any atom is 0.220 e. The van der Waals surface area contributed by atoms with Crippen LogP contribution in [0.3, 0.4) is 0 Å². The highest BCUT2D eigenvalue weighted by atomic mass is 15.0. The van der Waals surface area contributed by atoms with Crippen molar-refractivity contribution in [2.75, 3.05) is 0 Å². The summed E-state index contributed by atoms with van der Waals surface area (Å²) in [7, 11) is 0. The summed E-state index contributed by atoms with van der Waals surface area (Å²) < 4.78 is 4.47. The molecule has 13 rings (SSSR count). The molecule has 274 valence electrons. The predicted octanol–water partition coefficient (Wildman–Crippen LogP) is 12.7. The molecule has 0 saturated carbocycles. The van der Waals surface area contributed by atoms with E-state index in [0.29, 0.717) is 28.2 Å². The lowest BCUT2D eigenvalue weighted by molar-refractivity contribution is 1.13. The van der Waals surface area contributed by atoms with E-state index in [9.17, 15) is 5.26 Å². The van der Waals surface area contributed by atoms with E-state index >= 15 is 0 Å². The Kier molecular flexibility index (Phi) is 6.42. The van der Waals surface area contributed by atoms with E-state index in [0.717, 1.165) is 104 Å². The van der Waals surface area contributed by atoms with Crippen molar-refractivity contribution in [3.05, 3.63) is 175 Å². The Balaban J connectivity index is 1.33. The normalized spacial score (nSPS) is 12.0. The Hall–Kier alpha value is -8.72. The van der Waals surface area contributed by atoms with Gasteiger partial charge in [0.05, 0.1) is 67.6 Å². The van der Waals surface area contributed by atoms with E-state index < -0.39 is 0 Å². The lowest BCUT2D eigenvalue weighted by Gasteiger charge is -2.25. The second kappa shape index (κ2) is 11.9. The first-order valence-corrected chi connectivity index (χ1v) is 19.7.